The monoisotopic (exact) mass is 509 g/mol. The zero-order chi connectivity index (χ0) is 25.7. The van der Waals surface area contributed by atoms with Crippen LogP contribution in [0.3, 0.4) is 0 Å². The summed E-state index contributed by atoms with van der Waals surface area (Å²) in [6, 6.07) is 15.4. The molecule has 2 aromatic carbocycles. The quantitative estimate of drug-likeness (QED) is 0.393. The number of amides is 2. The lowest BCUT2D eigenvalue weighted by Gasteiger charge is -2.34. The van der Waals surface area contributed by atoms with Crippen LogP contribution in [0, 0.1) is 0 Å². The summed E-state index contributed by atoms with van der Waals surface area (Å²) in [5.74, 6) is -0.0870. The molecule has 0 saturated carbocycles. The summed E-state index contributed by atoms with van der Waals surface area (Å²) in [6.45, 7) is 8.85. The number of benzene rings is 2. The molecule has 7 nitrogen and oxygen atoms in total. The van der Waals surface area contributed by atoms with Crippen LogP contribution in [-0.4, -0.2) is 66.2 Å². The van der Waals surface area contributed by atoms with E-state index in [0.29, 0.717) is 55.5 Å². The number of ether oxygens (including phenoxy) is 2. The number of carbonyl (C=O) groups is 2. The number of rotatable bonds is 7. The topological polar surface area (TPSA) is 72.0 Å². The third-order valence-corrected chi connectivity index (χ3v) is 6.67. The van der Waals surface area contributed by atoms with Crippen LogP contribution >= 0.6 is 11.6 Å². The molecule has 4 rings (SSSR count). The van der Waals surface area contributed by atoms with Gasteiger partial charge in [0.15, 0.2) is 0 Å². The third-order valence-electron chi connectivity index (χ3n) is 6.35. The molecule has 0 bridgehead atoms. The molecule has 1 aliphatic heterocycles. The molecule has 36 heavy (non-hydrogen) atoms. The highest BCUT2D eigenvalue weighted by atomic mass is 35.5. The zero-order valence-corrected chi connectivity index (χ0v) is 21.8. The maximum absolute atomic E-state index is 13.2. The number of fused-ring (bicyclic) bond motifs is 1. The molecule has 1 unspecified atom stereocenters. The van der Waals surface area contributed by atoms with Gasteiger partial charge in [0.2, 0.25) is 0 Å². The van der Waals surface area contributed by atoms with E-state index in [4.69, 9.17) is 26.1 Å². The molecule has 0 aliphatic carbocycles. The molecule has 2 amide bonds. The Morgan fingerprint density at radius 2 is 1.69 bits per heavy atom. The van der Waals surface area contributed by atoms with Gasteiger partial charge in [-0.2, -0.15) is 0 Å². The number of carbonyl (C=O) groups excluding carboxylic acids is 2. The van der Waals surface area contributed by atoms with E-state index < -0.39 is 0 Å². The van der Waals surface area contributed by atoms with Crippen molar-refractivity contribution in [3.8, 4) is 11.3 Å². The summed E-state index contributed by atoms with van der Waals surface area (Å²) < 4.78 is 10.9. The molecular formula is C28H32ClN3O4. The van der Waals surface area contributed by atoms with E-state index >= 15 is 0 Å². The van der Waals surface area contributed by atoms with Crippen molar-refractivity contribution in [3.05, 3.63) is 64.7 Å². The summed E-state index contributed by atoms with van der Waals surface area (Å²) in [7, 11) is 0. The third kappa shape index (κ3) is 5.79. The number of hydrogen-bond acceptors (Lipinski definition) is 5. The average molecular weight is 510 g/mol. The maximum atomic E-state index is 13.2. The molecule has 8 heteroatoms. The first kappa shape index (κ1) is 25.9. The Labute approximate surface area is 217 Å². The average Bonchev–Trinajstić information content (AvgIpc) is 2.91. The normalized spacial score (nSPS) is 14.7. The van der Waals surface area contributed by atoms with Gasteiger partial charge >= 0.3 is 6.09 Å². The van der Waals surface area contributed by atoms with Crippen LogP contribution in [0.1, 0.15) is 49.2 Å². The number of hydrogen-bond donors (Lipinski definition) is 0. The van der Waals surface area contributed by atoms with Crippen molar-refractivity contribution in [1.82, 2.24) is 14.8 Å². The summed E-state index contributed by atoms with van der Waals surface area (Å²) in [4.78, 5) is 33.5. The fourth-order valence-corrected chi connectivity index (χ4v) is 4.56. The van der Waals surface area contributed by atoms with E-state index in [9.17, 15) is 9.59 Å². The van der Waals surface area contributed by atoms with E-state index in [0.717, 1.165) is 28.6 Å². The fraction of sp³-hybridized carbons (Fsp3) is 0.393. The van der Waals surface area contributed by atoms with Gasteiger partial charge in [-0.3, -0.25) is 4.79 Å². The van der Waals surface area contributed by atoms with Crippen LogP contribution in [0.15, 0.2) is 48.5 Å². The van der Waals surface area contributed by atoms with Crippen molar-refractivity contribution in [2.75, 3.05) is 39.4 Å². The number of halogens is 1. The van der Waals surface area contributed by atoms with E-state index in [1.54, 1.807) is 21.9 Å². The van der Waals surface area contributed by atoms with Crippen LogP contribution in [0.4, 0.5) is 4.79 Å². The zero-order valence-electron chi connectivity index (χ0n) is 21.0. The molecule has 190 valence electrons. The second-order valence-electron chi connectivity index (χ2n) is 8.83. The van der Waals surface area contributed by atoms with Crippen molar-refractivity contribution in [3.63, 3.8) is 0 Å². The number of pyridine rings is 1. The van der Waals surface area contributed by atoms with Crippen molar-refractivity contribution >= 4 is 34.5 Å². The highest BCUT2D eigenvalue weighted by Crippen LogP contribution is 2.30. The predicted molar refractivity (Wildman–Crippen MR) is 141 cm³/mol. The first-order chi connectivity index (χ1) is 17.4. The number of aromatic nitrogens is 1. The van der Waals surface area contributed by atoms with Crippen LogP contribution in [0.5, 0.6) is 0 Å². The Balaban J connectivity index is 1.51. The lowest BCUT2D eigenvalue weighted by Crippen LogP contribution is -2.50. The van der Waals surface area contributed by atoms with Crippen molar-refractivity contribution in [2.45, 2.75) is 33.3 Å². The van der Waals surface area contributed by atoms with E-state index in [2.05, 4.69) is 0 Å². The second-order valence-corrected chi connectivity index (χ2v) is 9.24. The highest BCUT2D eigenvalue weighted by Gasteiger charge is 2.26. The minimum Gasteiger partial charge on any atom is -0.449 e. The first-order valence-corrected chi connectivity index (χ1v) is 12.8. The van der Waals surface area contributed by atoms with E-state index in [-0.39, 0.29) is 18.1 Å². The van der Waals surface area contributed by atoms with Gasteiger partial charge in [0.05, 0.1) is 28.9 Å². The molecule has 1 fully saturated rings. The van der Waals surface area contributed by atoms with Crippen molar-refractivity contribution < 1.29 is 19.1 Å². The molecule has 0 N–H and O–H groups in total. The van der Waals surface area contributed by atoms with Gasteiger partial charge in [-0.1, -0.05) is 48.9 Å². The largest absolute Gasteiger partial charge is 0.449 e. The molecule has 1 aromatic heterocycles. The lowest BCUT2D eigenvalue weighted by molar-refractivity contribution is 0.0560. The molecular weight excluding hydrogens is 478 g/mol. The van der Waals surface area contributed by atoms with E-state index in [1.165, 1.54) is 0 Å². The first-order valence-electron chi connectivity index (χ1n) is 12.4. The number of nitrogens with zero attached hydrogens (tertiary/aromatic N) is 3. The van der Waals surface area contributed by atoms with Crippen LogP contribution in [0.2, 0.25) is 5.02 Å². The molecule has 0 radical (unpaired) electrons. The molecule has 1 atom stereocenters. The molecule has 3 aromatic rings. The molecule has 1 aliphatic rings. The Hall–Kier alpha value is -3.16. The molecule has 1 saturated heterocycles. The Morgan fingerprint density at radius 3 is 2.36 bits per heavy atom. The SMILES string of the molecule is CCCOC(=O)N1CCN(C(=O)c2ccc3c(Cl)cc(-c4ccc(C(C)OCC)cc4)nc3c2)CC1. The van der Waals surface area contributed by atoms with Gasteiger partial charge in [-0.05, 0) is 44.0 Å². The lowest BCUT2D eigenvalue weighted by atomic mass is 10.0. The minimum absolute atomic E-state index is 0.0228. The predicted octanol–water partition coefficient (Wildman–Crippen LogP) is 5.96. The van der Waals surface area contributed by atoms with Gasteiger partial charge in [0.1, 0.15) is 0 Å². The van der Waals surface area contributed by atoms with Crippen molar-refractivity contribution in [1.29, 1.82) is 0 Å². The van der Waals surface area contributed by atoms with Crippen LogP contribution in [-0.2, 0) is 9.47 Å². The minimum atomic E-state index is -0.318. The van der Waals surface area contributed by atoms with Crippen LogP contribution < -0.4 is 0 Å². The Morgan fingerprint density at radius 1 is 1.00 bits per heavy atom. The van der Waals surface area contributed by atoms with Gasteiger partial charge in [0.25, 0.3) is 5.91 Å². The van der Waals surface area contributed by atoms with Crippen molar-refractivity contribution in [2.24, 2.45) is 0 Å². The van der Waals surface area contributed by atoms with Gasteiger partial charge in [-0.25, -0.2) is 9.78 Å². The summed E-state index contributed by atoms with van der Waals surface area (Å²) in [5.41, 5.74) is 3.99. The fourth-order valence-electron chi connectivity index (χ4n) is 4.29. The second kappa shape index (κ2) is 11.7. The summed E-state index contributed by atoms with van der Waals surface area (Å²) in [5, 5.41) is 1.38. The van der Waals surface area contributed by atoms with Gasteiger partial charge < -0.3 is 19.3 Å². The standard InChI is InChI=1S/C28H32ClN3O4/c1-4-16-36-28(34)32-14-12-31(13-15-32)27(33)22-10-11-23-24(29)18-25(30-26(23)17-22)21-8-6-20(7-9-21)19(3)35-5-2/h6-11,17-19H,4-5,12-16H2,1-3H3. The molecule has 2 heterocycles. The molecule has 0 spiro atoms. The number of piperazine rings is 1. The van der Waals surface area contributed by atoms with Gasteiger partial charge in [0, 0.05) is 49.3 Å². The smallest absolute Gasteiger partial charge is 0.409 e. The summed E-state index contributed by atoms with van der Waals surface area (Å²) in [6.07, 6.45) is 0.487. The van der Waals surface area contributed by atoms with Gasteiger partial charge in [-0.15, -0.1) is 0 Å². The summed E-state index contributed by atoms with van der Waals surface area (Å²) >= 11 is 6.59. The van der Waals surface area contributed by atoms with E-state index in [1.807, 2.05) is 57.2 Å². The maximum Gasteiger partial charge on any atom is 0.409 e. The Kier molecular flexibility index (Phi) is 8.44. The highest BCUT2D eigenvalue weighted by molar-refractivity contribution is 6.35. The Bertz CT molecular complexity index is 1220. The van der Waals surface area contributed by atoms with Crippen LogP contribution in [0.25, 0.3) is 22.2 Å².